The monoisotopic (exact) mass is 459 g/mol. The summed E-state index contributed by atoms with van der Waals surface area (Å²) in [5.74, 6) is -3.82. The number of amides is 1. The molecule has 1 N–H and O–H groups in total. The molecule has 0 spiro atoms. The number of hydrogen-bond donors (Lipinski definition) is 1. The minimum absolute atomic E-state index is 0.219. The van der Waals surface area contributed by atoms with Crippen LogP contribution < -0.4 is 10.1 Å². The minimum atomic E-state index is -1.15. The SMILES string of the molecule is CCOC(=O)C(C)C1c2cc(Br)ccc2OC(=O)C1C(=O)NCc1ccccc1. The second kappa shape index (κ2) is 9.22. The summed E-state index contributed by atoms with van der Waals surface area (Å²) in [6.45, 7) is 3.88. The van der Waals surface area contributed by atoms with E-state index in [1.54, 1.807) is 32.0 Å². The first kappa shape index (κ1) is 21.0. The lowest BCUT2D eigenvalue weighted by atomic mass is 9.75. The number of carbonyl (C=O) groups is 3. The van der Waals surface area contributed by atoms with Crippen molar-refractivity contribution in [1.82, 2.24) is 5.32 Å². The molecule has 0 aromatic heterocycles. The Morgan fingerprint density at radius 3 is 2.62 bits per heavy atom. The third-order valence-corrected chi connectivity index (χ3v) is 5.44. The van der Waals surface area contributed by atoms with Crippen LogP contribution in [0.15, 0.2) is 53.0 Å². The molecular weight excluding hydrogens is 438 g/mol. The number of halogens is 1. The van der Waals surface area contributed by atoms with Gasteiger partial charge >= 0.3 is 11.9 Å². The summed E-state index contributed by atoms with van der Waals surface area (Å²) >= 11 is 3.41. The molecule has 1 heterocycles. The van der Waals surface area contributed by atoms with Crippen molar-refractivity contribution in [3.05, 3.63) is 64.1 Å². The van der Waals surface area contributed by atoms with E-state index >= 15 is 0 Å². The van der Waals surface area contributed by atoms with Crippen LogP contribution >= 0.6 is 15.9 Å². The van der Waals surface area contributed by atoms with Crippen molar-refractivity contribution < 1.29 is 23.9 Å². The van der Waals surface area contributed by atoms with Crippen LogP contribution in [0.4, 0.5) is 0 Å². The fraction of sp³-hybridized carbons (Fsp3) is 0.318. The maximum absolute atomic E-state index is 13.0. The standard InChI is InChI=1S/C22H22BrNO5/c1-3-28-21(26)13(2)18-16-11-15(23)9-10-17(16)29-22(27)19(18)20(25)24-12-14-7-5-4-6-8-14/h4-11,13,18-19H,3,12H2,1-2H3,(H,24,25). The molecule has 3 unspecified atom stereocenters. The number of benzene rings is 2. The second-order valence-corrected chi connectivity index (χ2v) is 7.77. The summed E-state index contributed by atoms with van der Waals surface area (Å²) < 4.78 is 11.3. The fourth-order valence-electron chi connectivity index (χ4n) is 3.51. The summed E-state index contributed by atoms with van der Waals surface area (Å²) in [5, 5.41) is 2.80. The van der Waals surface area contributed by atoms with Crippen LogP contribution in [0.25, 0.3) is 0 Å². The summed E-state index contributed by atoms with van der Waals surface area (Å²) in [5.41, 5.74) is 1.53. The first-order chi connectivity index (χ1) is 13.9. The van der Waals surface area contributed by atoms with Gasteiger partial charge in [-0.15, -0.1) is 0 Å². The van der Waals surface area contributed by atoms with Crippen molar-refractivity contribution in [2.24, 2.45) is 11.8 Å². The van der Waals surface area contributed by atoms with Gasteiger partial charge in [-0.25, -0.2) is 0 Å². The molecule has 1 aliphatic rings. The molecule has 6 nitrogen and oxygen atoms in total. The molecule has 29 heavy (non-hydrogen) atoms. The molecule has 0 radical (unpaired) electrons. The first-order valence-electron chi connectivity index (χ1n) is 9.41. The van der Waals surface area contributed by atoms with Crippen LogP contribution in [0.1, 0.15) is 30.9 Å². The highest BCUT2D eigenvalue weighted by atomic mass is 79.9. The van der Waals surface area contributed by atoms with E-state index in [2.05, 4.69) is 21.2 Å². The number of esters is 2. The molecule has 1 aliphatic heterocycles. The summed E-state index contributed by atoms with van der Waals surface area (Å²) in [6, 6.07) is 14.6. The molecule has 2 aromatic rings. The highest BCUT2D eigenvalue weighted by Gasteiger charge is 2.47. The second-order valence-electron chi connectivity index (χ2n) is 6.85. The Bertz CT molecular complexity index is 915. The zero-order valence-corrected chi connectivity index (χ0v) is 17.8. The average molecular weight is 460 g/mol. The van der Waals surface area contributed by atoms with Gasteiger partial charge in [0.15, 0.2) is 0 Å². The van der Waals surface area contributed by atoms with Crippen LogP contribution in [0.5, 0.6) is 5.75 Å². The smallest absolute Gasteiger partial charge is 0.324 e. The van der Waals surface area contributed by atoms with Crippen molar-refractivity contribution in [2.75, 3.05) is 6.61 Å². The molecule has 1 amide bonds. The molecule has 152 valence electrons. The zero-order chi connectivity index (χ0) is 21.0. The van der Waals surface area contributed by atoms with E-state index in [1.807, 2.05) is 30.3 Å². The molecule has 7 heteroatoms. The van der Waals surface area contributed by atoms with Crippen molar-refractivity contribution in [3.63, 3.8) is 0 Å². The molecule has 0 bridgehead atoms. The molecule has 0 saturated heterocycles. The van der Waals surface area contributed by atoms with Crippen molar-refractivity contribution in [3.8, 4) is 5.75 Å². The molecule has 0 aliphatic carbocycles. The number of ether oxygens (including phenoxy) is 2. The van der Waals surface area contributed by atoms with Gasteiger partial charge < -0.3 is 14.8 Å². The molecule has 3 atom stereocenters. The number of carbonyl (C=O) groups excluding carboxylic acids is 3. The predicted octanol–water partition coefficient (Wildman–Crippen LogP) is 3.58. The van der Waals surface area contributed by atoms with E-state index in [0.29, 0.717) is 11.3 Å². The van der Waals surface area contributed by atoms with Gasteiger partial charge in [0.2, 0.25) is 5.91 Å². The normalized spacial score (nSPS) is 18.9. The summed E-state index contributed by atoms with van der Waals surface area (Å²) in [4.78, 5) is 38.2. The Morgan fingerprint density at radius 2 is 1.93 bits per heavy atom. The molecule has 0 saturated carbocycles. The van der Waals surface area contributed by atoms with Gasteiger partial charge in [-0.2, -0.15) is 0 Å². The van der Waals surface area contributed by atoms with Crippen LogP contribution in [-0.2, 0) is 25.7 Å². The topological polar surface area (TPSA) is 81.7 Å². The third-order valence-electron chi connectivity index (χ3n) is 4.94. The van der Waals surface area contributed by atoms with Crippen molar-refractivity contribution in [2.45, 2.75) is 26.3 Å². The molecule has 0 fully saturated rings. The van der Waals surface area contributed by atoms with Gasteiger partial charge in [0.25, 0.3) is 0 Å². The maximum Gasteiger partial charge on any atom is 0.324 e. The van der Waals surface area contributed by atoms with E-state index in [4.69, 9.17) is 9.47 Å². The Morgan fingerprint density at radius 1 is 1.21 bits per heavy atom. The quantitative estimate of drug-likeness (QED) is 0.405. The maximum atomic E-state index is 13.0. The number of hydrogen-bond acceptors (Lipinski definition) is 5. The zero-order valence-electron chi connectivity index (χ0n) is 16.2. The van der Waals surface area contributed by atoms with Crippen LogP contribution in [0, 0.1) is 11.8 Å². The largest absolute Gasteiger partial charge is 0.466 e. The third kappa shape index (κ3) is 4.67. The van der Waals surface area contributed by atoms with Crippen LogP contribution in [0.2, 0.25) is 0 Å². The Hall–Kier alpha value is -2.67. The fourth-order valence-corrected chi connectivity index (χ4v) is 3.89. The Balaban J connectivity index is 1.92. The lowest BCUT2D eigenvalue weighted by molar-refractivity contribution is -0.153. The highest BCUT2D eigenvalue weighted by Crippen LogP contribution is 2.44. The number of nitrogens with one attached hydrogen (secondary N) is 1. The minimum Gasteiger partial charge on any atom is -0.466 e. The number of fused-ring (bicyclic) bond motifs is 1. The van der Waals surface area contributed by atoms with E-state index in [0.717, 1.165) is 10.0 Å². The summed E-state index contributed by atoms with van der Waals surface area (Å²) in [6.07, 6.45) is 0. The van der Waals surface area contributed by atoms with E-state index in [9.17, 15) is 14.4 Å². The van der Waals surface area contributed by atoms with Crippen LogP contribution in [-0.4, -0.2) is 24.5 Å². The Labute approximate surface area is 177 Å². The van der Waals surface area contributed by atoms with Crippen molar-refractivity contribution in [1.29, 1.82) is 0 Å². The van der Waals surface area contributed by atoms with E-state index < -0.39 is 35.6 Å². The summed E-state index contributed by atoms with van der Waals surface area (Å²) in [7, 11) is 0. The lowest BCUT2D eigenvalue weighted by Crippen LogP contribution is -2.46. The lowest BCUT2D eigenvalue weighted by Gasteiger charge is -2.34. The van der Waals surface area contributed by atoms with Gasteiger partial charge in [0.1, 0.15) is 11.7 Å². The number of rotatable bonds is 6. The highest BCUT2D eigenvalue weighted by molar-refractivity contribution is 9.10. The van der Waals surface area contributed by atoms with Crippen molar-refractivity contribution >= 4 is 33.8 Å². The van der Waals surface area contributed by atoms with Gasteiger partial charge in [-0.3, -0.25) is 14.4 Å². The van der Waals surface area contributed by atoms with Crippen LogP contribution in [0.3, 0.4) is 0 Å². The van der Waals surface area contributed by atoms with Gasteiger partial charge in [-0.05, 0) is 30.7 Å². The average Bonchev–Trinajstić information content (AvgIpc) is 2.71. The van der Waals surface area contributed by atoms with Gasteiger partial charge in [0, 0.05) is 22.5 Å². The predicted molar refractivity (Wildman–Crippen MR) is 110 cm³/mol. The van der Waals surface area contributed by atoms with E-state index in [-0.39, 0.29) is 13.2 Å². The molecule has 2 aromatic carbocycles. The first-order valence-corrected chi connectivity index (χ1v) is 10.2. The van der Waals surface area contributed by atoms with E-state index in [1.165, 1.54) is 0 Å². The molecular formula is C22H22BrNO5. The van der Waals surface area contributed by atoms with Gasteiger partial charge in [-0.1, -0.05) is 53.2 Å². The van der Waals surface area contributed by atoms with Gasteiger partial charge in [0.05, 0.1) is 12.5 Å². The Kier molecular flexibility index (Phi) is 6.69. The molecule has 3 rings (SSSR count).